The largest absolute Gasteiger partial charge is 0.476 e. The molecule has 3 aromatic rings. The predicted octanol–water partition coefficient (Wildman–Crippen LogP) is 5.87. The zero-order valence-corrected chi connectivity index (χ0v) is 17.5. The first-order valence-corrected chi connectivity index (χ1v) is 10.1. The van der Waals surface area contributed by atoms with E-state index in [4.69, 9.17) is 21.1 Å². The van der Waals surface area contributed by atoms with Crippen LogP contribution < -0.4 is 4.74 Å². The molecule has 0 N–H and O–H groups in total. The van der Waals surface area contributed by atoms with E-state index in [1.165, 1.54) is 11.1 Å². The van der Waals surface area contributed by atoms with Gasteiger partial charge in [-0.25, -0.2) is 4.79 Å². The molecule has 150 valence electrons. The van der Waals surface area contributed by atoms with Gasteiger partial charge in [0.05, 0.1) is 6.61 Å². The van der Waals surface area contributed by atoms with Crippen molar-refractivity contribution in [2.24, 2.45) is 0 Å². The van der Waals surface area contributed by atoms with Crippen molar-refractivity contribution < 1.29 is 14.3 Å². The summed E-state index contributed by atoms with van der Waals surface area (Å²) >= 11 is 5.97. The molecule has 1 unspecified atom stereocenters. The zero-order chi connectivity index (χ0) is 20.7. The van der Waals surface area contributed by atoms with Crippen LogP contribution in [-0.2, 0) is 22.4 Å². The lowest BCUT2D eigenvalue weighted by Crippen LogP contribution is -2.45. The van der Waals surface area contributed by atoms with E-state index in [1.54, 1.807) is 26.0 Å². The lowest BCUT2D eigenvalue weighted by Gasteiger charge is -2.28. The average Bonchev–Trinajstić information content (AvgIpc) is 2.72. The van der Waals surface area contributed by atoms with E-state index in [-0.39, 0.29) is 5.97 Å². The van der Waals surface area contributed by atoms with Crippen molar-refractivity contribution in [3.8, 4) is 5.75 Å². The van der Waals surface area contributed by atoms with Crippen LogP contribution in [0, 0.1) is 0 Å². The molecule has 0 fully saturated rings. The molecule has 0 radical (unpaired) electrons. The van der Waals surface area contributed by atoms with Crippen LogP contribution in [0.1, 0.15) is 30.5 Å². The molecule has 0 aliphatic carbocycles. The van der Waals surface area contributed by atoms with E-state index < -0.39 is 5.60 Å². The smallest absolute Gasteiger partial charge is 0.350 e. The summed E-state index contributed by atoms with van der Waals surface area (Å²) in [5.41, 5.74) is 2.25. The minimum Gasteiger partial charge on any atom is -0.476 e. The maximum atomic E-state index is 12.7. The number of halogens is 1. The summed E-state index contributed by atoms with van der Waals surface area (Å²) in [6, 6.07) is 25.5. The fraction of sp³-hybridized carbons (Fsp3) is 0.240. The molecule has 0 amide bonds. The number of hydrogen-bond acceptors (Lipinski definition) is 3. The Morgan fingerprint density at radius 2 is 1.45 bits per heavy atom. The standard InChI is InChI=1S/C25H25ClO3/c1-3-28-24(27)25(2,18-21-9-13-22(26)14-10-21)29-23-15-11-20(12-16-23)17-19-7-5-4-6-8-19/h4-16H,3,17-18H2,1-2H3. The highest BCUT2D eigenvalue weighted by Gasteiger charge is 2.37. The number of esters is 1. The van der Waals surface area contributed by atoms with Crippen molar-refractivity contribution in [1.29, 1.82) is 0 Å². The fourth-order valence-electron chi connectivity index (χ4n) is 3.19. The van der Waals surface area contributed by atoms with Gasteiger partial charge in [0.2, 0.25) is 5.60 Å². The lowest BCUT2D eigenvalue weighted by molar-refractivity contribution is -0.160. The van der Waals surface area contributed by atoms with Gasteiger partial charge in [-0.05, 0) is 61.2 Å². The first kappa shape index (κ1) is 20.9. The van der Waals surface area contributed by atoms with E-state index in [0.717, 1.165) is 12.0 Å². The molecule has 0 saturated heterocycles. The molecular formula is C25H25ClO3. The van der Waals surface area contributed by atoms with Crippen molar-refractivity contribution >= 4 is 17.6 Å². The molecule has 3 rings (SSSR count). The molecule has 29 heavy (non-hydrogen) atoms. The van der Waals surface area contributed by atoms with E-state index in [9.17, 15) is 4.79 Å². The highest BCUT2D eigenvalue weighted by atomic mass is 35.5. The van der Waals surface area contributed by atoms with Gasteiger partial charge in [0.1, 0.15) is 5.75 Å². The third-order valence-electron chi connectivity index (χ3n) is 4.68. The topological polar surface area (TPSA) is 35.5 Å². The van der Waals surface area contributed by atoms with Crippen LogP contribution in [0.25, 0.3) is 0 Å². The van der Waals surface area contributed by atoms with E-state index >= 15 is 0 Å². The summed E-state index contributed by atoms with van der Waals surface area (Å²) in [6.45, 7) is 3.85. The van der Waals surface area contributed by atoms with Crippen molar-refractivity contribution in [3.63, 3.8) is 0 Å². The van der Waals surface area contributed by atoms with Crippen molar-refractivity contribution in [2.45, 2.75) is 32.3 Å². The molecule has 0 heterocycles. The van der Waals surface area contributed by atoms with Crippen molar-refractivity contribution in [2.75, 3.05) is 6.61 Å². The van der Waals surface area contributed by atoms with Gasteiger partial charge >= 0.3 is 5.97 Å². The van der Waals surface area contributed by atoms with Gasteiger partial charge in [-0.3, -0.25) is 0 Å². The third kappa shape index (κ3) is 5.85. The van der Waals surface area contributed by atoms with Gasteiger partial charge in [-0.15, -0.1) is 0 Å². The summed E-state index contributed by atoms with van der Waals surface area (Å²) in [6.07, 6.45) is 1.23. The van der Waals surface area contributed by atoms with E-state index in [2.05, 4.69) is 12.1 Å². The van der Waals surface area contributed by atoms with Gasteiger partial charge in [0, 0.05) is 11.4 Å². The van der Waals surface area contributed by atoms with Crippen molar-refractivity contribution in [3.05, 3.63) is 101 Å². The summed E-state index contributed by atoms with van der Waals surface area (Å²) < 4.78 is 11.4. The SMILES string of the molecule is CCOC(=O)C(C)(Cc1ccc(Cl)cc1)Oc1ccc(Cc2ccccc2)cc1. The number of carbonyl (C=O) groups is 1. The molecular weight excluding hydrogens is 384 g/mol. The maximum absolute atomic E-state index is 12.7. The van der Waals surface area contributed by atoms with Crippen LogP contribution in [-0.4, -0.2) is 18.2 Å². The fourth-order valence-corrected chi connectivity index (χ4v) is 3.32. The molecule has 0 aliphatic rings. The van der Waals surface area contributed by atoms with E-state index in [1.807, 2.05) is 54.6 Å². The Kier molecular flexibility index (Phi) is 6.95. The first-order chi connectivity index (χ1) is 14.0. The van der Waals surface area contributed by atoms with Gasteiger partial charge in [-0.1, -0.05) is 66.2 Å². The lowest BCUT2D eigenvalue weighted by atomic mass is 9.96. The Bertz CT molecular complexity index is 921. The van der Waals surface area contributed by atoms with Crippen LogP contribution in [0.5, 0.6) is 5.75 Å². The molecule has 1 atom stereocenters. The van der Waals surface area contributed by atoms with Gasteiger partial charge in [0.25, 0.3) is 0 Å². The minimum atomic E-state index is -1.13. The molecule has 0 spiro atoms. The van der Waals surface area contributed by atoms with Crippen LogP contribution in [0.2, 0.25) is 5.02 Å². The van der Waals surface area contributed by atoms with Gasteiger partial charge in [0.15, 0.2) is 0 Å². The summed E-state index contributed by atoms with van der Waals surface area (Å²) in [5, 5.41) is 0.654. The summed E-state index contributed by atoms with van der Waals surface area (Å²) in [5.74, 6) is 0.245. The quantitative estimate of drug-likeness (QED) is 0.437. The number of rotatable bonds is 8. The van der Waals surface area contributed by atoms with Crippen LogP contribution in [0.4, 0.5) is 0 Å². The number of hydrogen-bond donors (Lipinski definition) is 0. The number of benzene rings is 3. The second-order valence-electron chi connectivity index (χ2n) is 7.16. The molecule has 0 bridgehead atoms. The Morgan fingerprint density at radius 1 is 0.862 bits per heavy atom. The molecule has 4 heteroatoms. The van der Waals surface area contributed by atoms with Gasteiger partial charge < -0.3 is 9.47 Å². The zero-order valence-electron chi connectivity index (χ0n) is 16.7. The normalized spacial score (nSPS) is 12.8. The van der Waals surface area contributed by atoms with E-state index in [0.29, 0.717) is 23.8 Å². The second-order valence-corrected chi connectivity index (χ2v) is 7.60. The first-order valence-electron chi connectivity index (χ1n) is 9.72. The third-order valence-corrected chi connectivity index (χ3v) is 4.93. The van der Waals surface area contributed by atoms with Crippen LogP contribution in [0.3, 0.4) is 0 Å². The van der Waals surface area contributed by atoms with Crippen LogP contribution >= 0.6 is 11.6 Å². The summed E-state index contributed by atoms with van der Waals surface area (Å²) in [7, 11) is 0. The van der Waals surface area contributed by atoms with Crippen LogP contribution in [0.15, 0.2) is 78.9 Å². The Balaban J connectivity index is 1.76. The summed E-state index contributed by atoms with van der Waals surface area (Å²) in [4.78, 5) is 12.7. The minimum absolute atomic E-state index is 0.300. The molecule has 0 aliphatic heterocycles. The maximum Gasteiger partial charge on any atom is 0.350 e. The Morgan fingerprint density at radius 3 is 2.07 bits per heavy atom. The monoisotopic (exact) mass is 408 g/mol. The Hall–Kier alpha value is -2.78. The highest BCUT2D eigenvalue weighted by molar-refractivity contribution is 6.30. The molecule has 0 aromatic heterocycles. The number of ether oxygens (including phenoxy) is 2. The molecule has 0 saturated carbocycles. The predicted molar refractivity (Wildman–Crippen MR) is 117 cm³/mol. The highest BCUT2D eigenvalue weighted by Crippen LogP contribution is 2.25. The average molecular weight is 409 g/mol. The molecule has 3 nitrogen and oxygen atoms in total. The second kappa shape index (κ2) is 9.62. The Labute approximate surface area is 177 Å². The van der Waals surface area contributed by atoms with Gasteiger partial charge in [-0.2, -0.15) is 0 Å². The van der Waals surface area contributed by atoms with Crippen molar-refractivity contribution in [1.82, 2.24) is 0 Å². The molecule has 3 aromatic carbocycles. The number of carbonyl (C=O) groups excluding carboxylic acids is 1.